The first-order chi connectivity index (χ1) is 8.92. The number of anilines is 1. The lowest BCUT2D eigenvalue weighted by Crippen LogP contribution is -2.44. The van der Waals surface area contributed by atoms with E-state index in [1.807, 2.05) is 0 Å². The minimum absolute atomic E-state index is 0.131. The predicted molar refractivity (Wildman–Crippen MR) is 77.3 cm³/mol. The molecule has 1 fully saturated rings. The Labute approximate surface area is 121 Å². The van der Waals surface area contributed by atoms with Gasteiger partial charge < -0.3 is 0 Å². The summed E-state index contributed by atoms with van der Waals surface area (Å²) in [4.78, 5) is 0. The molecule has 2 aliphatic rings. The monoisotopic (exact) mass is 319 g/mol. The normalized spacial score (nSPS) is 22.5. The lowest BCUT2D eigenvalue weighted by atomic mass is 10.1. The molecule has 0 bridgehead atoms. The molecule has 1 aromatic heterocycles. The van der Waals surface area contributed by atoms with Crippen LogP contribution in [0.15, 0.2) is 8.61 Å². The van der Waals surface area contributed by atoms with E-state index in [4.69, 9.17) is 17.4 Å². The Kier molecular flexibility index (Phi) is 3.12. The van der Waals surface area contributed by atoms with Crippen molar-refractivity contribution in [2.45, 2.75) is 36.8 Å². The van der Waals surface area contributed by atoms with Gasteiger partial charge in [-0.3, -0.25) is 5.01 Å². The van der Waals surface area contributed by atoms with Crippen LogP contribution in [0.4, 0.5) is 5.69 Å². The van der Waals surface area contributed by atoms with Gasteiger partial charge in [0.2, 0.25) is 0 Å². The molecule has 0 saturated heterocycles. The molecule has 0 amide bonds. The van der Waals surface area contributed by atoms with Crippen LogP contribution in [0.2, 0.25) is 4.34 Å². The highest BCUT2D eigenvalue weighted by Crippen LogP contribution is 2.45. The molecule has 1 saturated carbocycles. The van der Waals surface area contributed by atoms with E-state index in [9.17, 15) is 8.42 Å². The second-order valence-electron chi connectivity index (χ2n) is 4.91. The average molecular weight is 320 g/mol. The summed E-state index contributed by atoms with van der Waals surface area (Å²) in [6.45, 7) is 1.78. The van der Waals surface area contributed by atoms with Crippen LogP contribution >= 0.6 is 22.9 Å². The maximum absolute atomic E-state index is 12.2. The minimum Gasteiger partial charge on any atom is -0.262 e. The van der Waals surface area contributed by atoms with Gasteiger partial charge >= 0.3 is 0 Å². The van der Waals surface area contributed by atoms with Crippen LogP contribution in [0.1, 0.15) is 31.2 Å². The number of hydrogen-bond donors (Lipinski definition) is 1. The number of thiophene rings is 1. The third-order valence-corrected chi connectivity index (χ3v) is 7.03. The van der Waals surface area contributed by atoms with Crippen LogP contribution in [-0.2, 0) is 10.0 Å². The average Bonchev–Trinajstić information content (AvgIpc) is 2.95. The van der Waals surface area contributed by atoms with Crippen LogP contribution in [0, 0.1) is 12.8 Å². The number of rotatable bonds is 1. The number of fused-ring (bicyclic) bond motifs is 1. The largest absolute Gasteiger partial charge is 0.295 e. The summed E-state index contributed by atoms with van der Waals surface area (Å²) in [6, 6.07) is 0. The van der Waals surface area contributed by atoms with Crippen molar-refractivity contribution in [3.63, 3.8) is 0 Å². The first-order valence-corrected chi connectivity index (χ1v) is 8.74. The van der Waals surface area contributed by atoms with Gasteiger partial charge in [-0.25, -0.2) is 5.84 Å². The molecule has 104 valence electrons. The zero-order valence-electron chi connectivity index (χ0n) is 10.4. The van der Waals surface area contributed by atoms with Crippen LogP contribution in [0.3, 0.4) is 0 Å². The lowest BCUT2D eigenvalue weighted by molar-refractivity contribution is 0.596. The molecule has 2 N–H and O–H groups in total. The van der Waals surface area contributed by atoms with Crippen molar-refractivity contribution in [3.05, 3.63) is 9.90 Å². The fourth-order valence-corrected chi connectivity index (χ4v) is 5.75. The van der Waals surface area contributed by atoms with Gasteiger partial charge in [-0.2, -0.15) is 8.42 Å². The number of hydrazine groups is 1. The summed E-state index contributed by atoms with van der Waals surface area (Å²) in [5, 5.41) is 1.42. The molecule has 0 aromatic carbocycles. The number of sulfonamides is 1. The highest BCUT2D eigenvalue weighted by Gasteiger charge is 2.37. The predicted octanol–water partition coefficient (Wildman–Crippen LogP) is 2.68. The maximum Gasteiger partial charge on any atom is 0.295 e. The molecule has 1 aromatic rings. The molecule has 0 atom stereocenters. The third-order valence-electron chi connectivity index (χ3n) is 3.68. The minimum atomic E-state index is -3.66. The van der Waals surface area contributed by atoms with E-state index in [0.717, 1.165) is 37.0 Å². The van der Waals surface area contributed by atoms with Crippen LogP contribution in [-0.4, -0.2) is 14.3 Å². The quantitative estimate of drug-likeness (QED) is 0.807. The molecule has 0 spiro atoms. The molecule has 0 unspecified atom stereocenters. The van der Waals surface area contributed by atoms with E-state index in [0.29, 0.717) is 21.4 Å². The van der Waals surface area contributed by atoms with Gasteiger partial charge in [0.25, 0.3) is 10.0 Å². The van der Waals surface area contributed by atoms with Gasteiger partial charge in [0.05, 0.1) is 10.0 Å². The molecule has 1 aliphatic carbocycles. The summed E-state index contributed by atoms with van der Waals surface area (Å²) in [5.74, 6) is 6.68. The summed E-state index contributed by atoms with van der Waals surface area (Å²) in [6.07, 6.45) is 4.06. The second kappa shape index (κ2) is 4.44. The molecule has 8 heteroatoms. The van der Waals surface area contributed by atoms with Crippen LogP contribution < -0.4 is 10.9 Å². The zero-order chi connectivity index (χ0) is 13.8. The molecular weight excluding hydrogens is 306 g/mol. The van der Waals surface area contributed by atoms with Crippen LogP contribution in [0.25, 0.3) is 0 Å². The first kappa shape index (κ1) is 13.4. The Morgan fingerprint density at radius 1 is 1.42 bits per heavy atom. The molecule has 19 heavy (non-hydrogen) atoms. The molecule has 3 rings (SSSR count). The van der Waals surface area contributed by atoms with E-state index in [2.05, 4.69) is 4.40 Å². The van der Waals surface area contributed by atoms with E-state index in [1.54, 1.807) is 6.92 Å². The number of hydrogen-bond acceptors (Lipinski definition) is 5. The number of amidine groups is 1. The van der Waals surface area contributed by atoms with Gasteiger partial charge in [-0.1, -0.05) is 24.4 Å². The fraction of sp³-hybridized carbons (Fsp3) is 0.545. The fourth-order valence-electron chi connectivity index (χ4n) is 2.68. The van der Waals surface area contributed by atoms with Gasteiger partial charge in [0.1, 0.15) is 5.84 Å². The molecule has 1 aliphatic heterocycles. The van der Waals surface area contributed by atoms with Crippen molar-refractivity contribution in [1.29, 1.82) is 0 Å². The first-order valence-electron chi connectivity index (χ1n) is 6.10. The summed E-state index contributed by atoms with van der Waals surface area (Å²) >= 11 is 7.06. The van der Waals surface area contributed by atoms with E-state index >= 15 is 0 Å². The SMILES string of the molecule is Cc1c(Cl)sc2c1N(N)C(C1CCCC1)=NS2(=O)=O. The highest BCUT2D eigenvalue weighted by atomic mass is 35.5. The Balaban J connectivity index is 2.16. The van der Waals surface area contributed by atoms with Crippen LogP contribution in [0.5, 0.6) is 0 Å². The third kappa shape index (κ3) is 1.99. The van der Waals surface area contributed by atoms with Crippen molar-refractivity contribution in [3.8, 4) is 0 Å². The van der Waals surface area contributed by atoms with Crippen molar-refractivity contribution < 1.29 is 8.42 Å². The van der Waals surface area contributed by atoms with E-state index in [1.165, 1.54) is 5.01 Å². The van der Waals surface area contributed by atoms with Gasteiger partial charge in [-0.05, 0) is 19.8 Å². The smallest absolute Gasteiger partial charge is 0.262 e. The molecule has 0 radical (unpaired) electrons. The van der Waals surface area contributed by atoms with Gasteiger partial charge in [0.15, 0.2) is 4.21 Å². The van der Waals surface area contributed by atoms with Gasteiger partial charge in [-0.15, -0.1) is 15.7 Å². The summed E-state index contributed by atoms with van der Waals surface area (Å²) < 4.78 is 29.0. The van der Waals surface area contributed by atoms with Crippen molar-refractivity contribution in [2.24, 2.45) is 16.2 Å². The van der Waals surface area contributed by atoms with Crippen molar-refractivity contribution in [2.75, 3.05) is 5.01 Å². The van der Waals surface area contributed by atoms with E-state index < -0.39 is 10.0 Å². The Hall–Kier alpha value is -0.630. The molecule has 5 nitrogen and oxygen atoms in total. The molecule has 2 heterocycles. The zero-order valence-corrected chi connectivity index (χ0v) is 12.8. The lowest BCUT2D eigenvalue weighted by Gasteiger charge is -2.28. The maximum atomic E-state index is 12.2. The van der Waals surface area contributed by atoms with Gasteiger partial charge in [0, 0.05) is 11.5 Å². The second-order valence-corrected chi connectivity index (χ2v) is 8.33. The standard InChI is InChI=1S/C11H14ClN3O2S2/c1-6-8-11(18-9(6)12)19(16,17)14-10(15(8)13)7-4-2-3-5-7/h7H,2-5,13H2,1H3. The number of nitrogens with zero attached hydrogens (tertiary/aromatic N) is 2. The Morgan fingerprint density at radius 2 is 2.05 bits per heavy atom. The number of nitrogens with two attached hydrogens (primary N) is 1. The van der Waals surface area contributed by atoms with Crippen molar-refractivity contribution >= 4 is 44.5 Å². The van der Waals surface area contributed by atoms with Crippen molar-refractivity contribution in [1.82, 2.24) is 0 Å². The van der Waals surface area contributed by atoms with E-state index in [-0.39, 0.29) is 10.1 Å². The topological polar surface area (TPSA) is 75.8 Å². The highest BCUT2D eigenvalue weighted by molar-refractivity contribution is 7.92. The summed E-state index contributed by atoms with van der Waals surface area (Å²) in [7, 11) is -3.66. The Bertz CT molecular complexity index is 660. The summed E-state index contributed by atoms with van der Waals surface area (Å²) in [5.41, 5.74) is 1.20. The molecular formula is C11H14ClN3O2S2. The number of halogens is 1. The Morgan fingerprint density at radius 3 is 2.68 bits per heavy atom.